The van der Waals surface area contributed by atoms with Gasteiger partial charge in [-0.2, -0.15) is 0 Å². The molecule has 1 heterocycles. The Morgan fingerprint density at radius 2 is 2.24 bits per heavy atom. The smallest absolute Gasteiger partial charge is 0.293 e. The van der Waals surface area contributed by atoms with E-state index in [0.29, 0.717) is 5.82 Å². The maximum atomic E-state index is 11.6. The topological polar surface area (TPSA) is 56.1 Å². The molecule has 0 amide bonds. The van der Waals surface area contributed by atoms with Crippen LogP contribution in [0.1, 0.15) is 26.7 Å². The Labute approximate surface area is 102 Å². The van der Waals surface area contributed by atoms with Gasteiger partial charge in [0.05, 0.1) is 6.10 Å². The van der Waals surface area contributed by atoms with Gasteiger partial charge in [-0.25, -0.2) is 4.98 Å². The van der Waals surface area contributed by atoms with Crippen LogP contribution in [0.25, 0.3) is 0 Å². The van der Waals surface area contributed by atoms with Crippen molar-refractivity contribution in [3.8, 4) is 0 Å². The molecule has 96 valence electrons. The Hall–Kier alpha value is -1.36. The molecule has 0 unspecified atom stereocenters. The van der Waals surface area contributed by atoms with Crippen molar-refractivity contribution < 1.29 is 4.74 Å². The van der Waals surface area contributed by atoms with Crippen molar-refractivity contribution in [3.63, 3.8) is 0 Å². The highest BCUT2D eigenvalue weighted by molar-refractivity contribution is 5.30. The van der Waals surface area contributed by atoms with E-state index in [-0.39, 0.29) is 11.7 Å². The zero-order valence-corrected chi connectivity index (χ0v) is 10.8. The molecule has 5 heteroatoms. The Kier molecular flexibility index (Phi) is 5.69. The van der Waals surface area contributed by atoms with Gasteiger partial charge in [-0.05, 0) is 26.7 Å². The highest BCUT2D eigenvalue weighted by atomic mass is 16.5. The summed E-state index contributed by atoms with van der Waals surface area (Å²) in [4.78, 5) is 15.6. The van der Waals surface area contributed by atoms with Crippen molar-refractivity contribution in [3.05, 3.63) is 22.7 Å². The number of rotatable bonds is 7. The first-order valence-corrected chi connectivity index (χ1v) is 5.98. The molecule has 1 N–H and O–H groups in total. The van der Waals surface area contributed by atoms with Crippen molar-refractivity contribution >= 4 is 5.82 Å². The van der Waals surface area contributed by atoms with E-state index >= 15 is 0 Å². The van der Waals surface area contributed by atoms with Crippen LogP contribution in [0.15, 0.2) is 17.2 Å². The van der Waals surface area contributed by atoms with Crippen molar-refractivity contribution in [2.24, 2.45) is 7.05 Å². The van der Waals surface area contributed by atoms with Gasteiger partial charge >= 0.3 is 0 Å². The summed E-state index contributed by atoms with van der Waals surface area (Å²) in [6, 6.07) is 0. The summed E-state index contributed by atoms with van der Waals surface area (Å²) >= 11 is 0. The molecule has 5 nitrogen and oxygen atoms in total. The molecule has 1 rings (SSSR count). The summed E-state index contributed by atoms with van der Waals surface area (Å²) in [5.41, 5.74) is -0.0917. The fourth-order valence-corrected chi connectivity index (χ4v) is 1.37. The molecule has 17 heavy (non-hydrogen) atoms. The second kappa shape index (κ2) is 7.06. The third-order valence-electron chi connectivity index (χ3n) is 2.33. The van der Waals surface area contributed by atoms with Gasteiger partial charge in [0.15, 0.2) is 5.82 Å². The summed E-state index contributed by atoms with van der Waals surface area (Å²) in [6.07, 6.45) is 5.49. The standard InChI is InChI=1S/C12H21N3O2/c1-10(2)17-9-5-4-6-13-11-12(16)15(3)8-7-14-11/h7-8,10H,4-6,9H2,1-3H3,(H,13,14). The average molecular weight is 239 g/mol. The minimum Gasteiger partial charge on any atom is -0.379 e. The number of hydrogen-bond donors (Lipinski definition) is 1. The van der Waals surface area contributed by atoms with Crippen LogP contribution in [0.3, 0.4) is 0 Å². The molecule has 0 fully saturated rings. The molecule has 1 aromatic heterocycles. The largest absolute Gasteiger partial charge is 0.379 e. The predicted octanol–water partition coefficient (Wildman–Crippen LogP) is 1.40. The maximum Gasteiger partial charge on any atom is 0.293 e. The fraction of sp³-hybridized carbons (Fsp3) is 0.667. The van der Waals surface area contributed by atoms with Gasteiger partial charge in [0.25, 0.3) is 5.56 Å². The van der Waals surface area contributed by atoms with Crippen LogP contribution in [-0.2, 0) is 11.8 Å². The normalized spacial score (nSPS) is 10.8. The SMILES string of the molecule is CC(C)OCCCCNc1nccn(C)c1=O. The van der Waals surface area contributed by atoms with E-state index in [2.05, 4.69) is 10.3 Å². The van der Waals surface area contributed by atoms with Gasteiger partial charge in [-0.15, -0.1) is 0 Å². The second-order valence-corrected chi connectivity index (χ2v) is 4.25. The lowest BCUT2D eigenvalue weighted by Crippen LogP contribution is -2.22. The molecule has 0 aliphatic rings. The van der Waals surface area contributed by atoms with Crippen LogP contribution >= 0.6 is 0 Å². The van der Waals surface area contributed by atoms with Crippen molar-refractivity contribution in [1.29, 1.82) is 0 Å². The number of aryl methyl sites for hydroxylation is 1. The molecule has 0 aromatic carbocycles. The minimum absolute atomic E-state index is 0.0917. The van der Waals surface area contributed by atoms with Crippen LogP contribution < -0.4 is 10.9 Å². The first kappa shape index (κ1) is 13.7. The molecule has 1 aromatic rings. The quantitative estimate of drug-likeness (QED) is 0.731. The first-order chi connectivity index (χ1) is 8.11. The van der Waals surface area contributed by atoms with Gasteiger partial charge in [0.2, 0.25) is 0 Å². The Balaban J connectivity index is 2.23. The number of nitrogens with one attached hydrogen (secondary N) is 1. The molecular formula is C12H21N3O2. The van der Waals surface area contributed by atoms with Crippen LogP contribution in [-0.4, -0.2) is 28.8 Å². The lowest BCUT2D eigenvalue weighted by atomic mass is 10.3. The molecular weight excluding hydrogens is 218 g/mol. The highest BCUT2D eigenvalue weighted by Crippen LogP contribution is 1.96. The zero-order chi connectivity index (χ0) is 12.7. The lowest BCUT2D eigenvalue weighted by Gasteiger charge is -2.08. The van der Waals surface area contributed by atoms with Gasteiger partial charge in [-0.1, -0.05) is 0 Å². The van der Waals surface area contributed by atoms with Crippen LogP contribution in [0.2, 0.25) is 0 Å². The second-order valence-electron chi connectivity index (χ2n) is 4.25. The number of ether oxygens (including phenoxy) is 1. The Morgan fingerprint density at radius 1 is 1.47 bits per heavy atom. The van der Waals surface area contributed by atoms with E-state index in [1.807, 2.05) is 13.8 Å². The summed E-state index contributed by atoms with van der Waals surface area (Å²) in [6.45, 7) is 5.55. The monoisotopic (exact) mass is 239 g/mol. The lowest BCUT2D eigenvalue weighted by molar-refractivity contribution is 0.0765. The van der Waals surface area contributed by atoms with E-state index in [4.69, 9.17) is 4.74 Å². The molecule has 0 bridgehead atoms. The van der Waals surface area contributed by atoms with E-state index < -0.39 is 0 Å². The van der Waals surface area contributed by atoms with Crippen molar-refractivity contribution in [2.75, 3.05) is 18.5 Å². The van der Waals surface area contributed by atoms with Crippen molar-refractivity contribution in [2.45, 2.75) is 32.8 Å². The number of anilines is 1. The van der Waals surface area contributed by atoms with Crippen LogP contribution in [0.5, 0.6) is 0 Å². The van der Waals surface area contributed by atoms with Crippen LogP contribution in [0, 0.1) is 0 Å². The summed E-state index contributed by atoms with van der Waals surface area (Å²) in [5.74, 6) is 0.416. The maximum absolute atomic E-state index is 11.6. The Morgan fingerprint density at radius 3 is 2.94 bits per heavy atom. The van der Waals surface area contributed by atoms with Gasteiger partial charge < -0.3 is 14.6 Å². The van der Waals surface area contributed by atoms with Gasteiger partial charge in [-0.3, -0.25) is 4.79 Å². The first-order valence-electron chi connectivity index (χ1n) is 5.98. The van der Waals surface area contributed by atoms with E-state index in [1.165, 1.54) is 4.57 Å². The van der Waals surface area contributed by atoms with E-state index in [1.54, 1.807) is 19.4 Å². The summed E-state index contributed by atoms with van der Waals surface area (Å²) in [7, 11) is 1.71. The highest BCUT2D eigenvalue weighted by Gasteiger charge is 2.00. The van der Waals surface area contributed by atoms with Gasteiger partial charge in [0, 0.05) is 32.6 Å². The van der Waals surface area contributed by atoms with E-state index in [9.17, 15) is 4.79 Å². The molecule has 0 atom stereocenters. The summed E-state index contributed by atoms with van der Waals surface area (Å²) < 4.78 is 6.94. The fourth-order valence-electron chi connectivity index (χ4n) is 1.37. The molecule has 0 saturated heterocycles. The average Bonchev–Trinajstić information content (AvgIpc) is 2.28. The number of nitrogens with zero attached hydrogens (tertiary/aromatic N) is 2. The number of hydrogen-bond acceptors (Lipinski definition) is 4. The predicted molar refractivity (Wildman–Crippen MR) is 68.3 cm³/mol. The van der Waals surface area contributed by atoms with E-state index in [0.717, 1.165) is 26.0 Å². The third-order valence-corrected chi connectivity index (χ3v) is 2.33. The summed E-state index contributed by atoms with van der Waals surface area (Å²) in [5, 5.41) is 3.04. The van der Waals surface area contributed by atoms with Gasteiger partial charge in [0.1, 0.15) is 0 Å². The third kappa shape index (κ3) is 4.99. The molecule has 0 aliphatic heterocycles. The molecule has 0 spiro atoms. The molecule has 0 radical (unpaired) electrons. The van der Waals surface area contributed by atoms with Crippen molar-refractivity contribution in [1.82, 2.24) is 9.55 Å². The van der Waals surface area contributed by atoms with Crippen LogP contribution in [0.4, 0.5) is 5.82 Å². The molecule has 0 saturated carbocycles. The number of unbranched alkanes of at least 4 members (excludes halogenated alkanes) is 1. The Bertz CT molecular complexity index is 388. The number of aromatic nitrogens is 2. The zero-order valence-electron chi connectivity index (χ0n) is 10.8. The molecule has 0 aliphatic carbocycles. The minimum atomic E-state index is -0.0917.